The Kier molecular flexibility index (Phi) is 3.33. The predicted octanol–water partition coefficient (Wildman–Crippen LogP) is 2.35. The lowest BCUT2D eigenvalue weighted by atomic mass is 10.1. The van der Waals surface area contributed by atoms with Gasteiger partial charge >= 0.3 is 12.0 Å². The van der Waals surface area contributed by atoms with E-state index in [2.05, 4.69) is 31.8 Å². The molecule has 0 bridgehead atoms. The van der Waals surface area contributed by atoms with Gasteiger partial charge in [-0.05, 0) is 29.2 Å². The minimum atomic E-state index is -1.10. The second-order valence-electron chi connectivity index (χ2n) is 7.47. The summed E-state index contributed by atoms with van der Waals surface area (Å²) in [6.45, 7) is 3.44. The highest BCUT2D eigenvalue weighted by molar-refractivity contribution is 5.98. The maximum atomic E-state index is 10.5. The summed E-state index contributed by atoms with van der Waals surface area (Å²) in [6, 6.07) is 8.08. The Labute approximate surface area is 160 Å². The fourth-order valence-electron chi connectivity index (χ4n) is 3.72. The van der Waals surface area contributed by atoms with E-state index in [9.17, 15) is 5.11 Å². The number of nitrogens with zero attached hydrogens (tertiary/aromatic N) is 5. The fraction of sp³-hybridized carbons (Fsp3) is 0.250. The van der Waals surface area contributed by atoms with Gasteiger partial charge in [0.25, 0.3) is 0 Å². The number of aromatic nitrogens is 6. The molecule has 28 heavy (non-hydrogen) atoms. The number of H-pyrrole nitrogens is 1. The lowest BCUT2D eigenvalue weighted by Crippen LogP contribution is -2.55. The lowest BCUT2D eigenvalue weighted by molar-refractivity contribution is -0.850. The summed E-state index contributed by atoms with van der Waals surface area (Å²) in [5, 5.41) is 11.6. The highest BCUT2D eigenvalue weighted by Gasteiger charge is 2.28. The maximum absolute atomic E-state index is 10.5. The monoisotopic (exact) mass is 377 g/mol. The third kappa shape index (κ3) is 2.31. The Morgan fingerprint density at radius 3 is 2.75 bits per heavy atom. The molecule has 5 aromatic rings. The van der Waals surface area contributed by atoms with E-state index in [1.165, 1.54) is 0 Å². The van der Waals surface area contributed by atoms with Crippen molar-refractivity contribution in [1.29, 1.82) is 0 Å². The first-order chi connectivity index (χ1) is 13.4. The van der Waals surface area contributed by atoms with Crippen LogP contribution in [0.15, 0.2) is 43.0 Å². The lowest BCUT2D eigenvalue weighted by Gasteiger charge is -2.13. The second kappa shape index (κ2) is 5.56. The van der Waals surface area contributed by atoms with Gasteiger partial charge in [0, 0.05) is 43.6 Å². The molecule has 0 fully saturated rings. The van der Waals surface area contributed by atoms with Crippen LogP contribution >= 0.6 is 0 Å². The summed E-state index contributed by atoms with van der Waals surface area (Å²) >= 11 is 0. The number of benzene rings is 1. The molecule has 0 aliphatic carbocycles. The number of hydrogen-bond donors (Lipinski definition) is 2. The van der Waals surface area contributed by atoms with E-state index >= 15 is 0 Å². The predicted molar refractivity (Wildman–Crippen MR) is 105 cm³/mol. The van der Waals surface area contributed by atoms with Gasteiger partial charge in [0.1, 0.15) is 17.5 Å². The molecule has 1 aromatic carbocycles. The van der Waals surface area contributed by atoms with Crippen LogP contribution < -0.4 is 9.42 Å². The maximum Gasteiger partial charge on any atom is 0.310 e. The number of rotatable bonds is 3. The molecule has 8 nitrogen and oxygen atoms in total. The minimum Gasteiger partial charge on any atom is -0.497 e. The molecule has 142 valence electrons. The molecule has 0 atom stereocenters. The molecule has 0 radical (unpaired) electrons. The van der Waals surface area contributed by atoms with Crippen LogP contribution in [0.25, 0.3) is 39.0 Å². The zero-order valence-electron chi connectivity index (χ0n) is 16.1. The molecule has 0 saturated heterocycles. The average molecular weight is 377 g/mol. The standard InChI is InChI=1S/C20H20N6O2/c1-20(2,27)25-11-22-18-9-21-19-17(26(18)25)8-15(23-19)14-10-24(3)16-6-5-12(28-4)7-13(14)16/h5-11,27H,1-4H3/p+1. The van der Waals surface area contributed by atoms with Crippen LogP contribution in [0.4, 0.5) is 0 Å². The van der Waals surface area contributed by atoms with Crippen LogP contribution in [0, 0.1) is 0 Å². The highest BCUT2D eigenvalue weighted by atomic mass is 16.5. The van der Waals surface area contributed by atoms with Gasteiger partial charge in [-0.1, -0.05) is 0 Å². The number of ether oxygens (including phenoxy) is 1. The fourth-order valence-corrected chi connectivity index (χ4v) is 3.72. The van der Waals surface area contributed by atoms with Gasteiger partial charge in [-0.15, -0.1) is 9.20 Å². The van der Waals surface area contributed by atoms with E-state index in [1.54, 1.807) is 38.2 Å². The summed E-state index contributed by atoms with van der Waals surface area (Å²) in [6.07, 6.45) is 5.40. The van der Waals surface area contributed by atoms with Crippen LogP contribution in [0.3, 0.4) is 0 Å². The van der Waals surface area contributed by atoms with Crippen molar-refractivity contribution in [2.45, 2.75) is 19.6 Å². The van der Waals surface area contributed by atoms with Crippen molar-refractivity contribution < 1.29 is 14.5 Å². The number of aliphatic hydroxyl groups is 1. The zero-order chi connectivity index (χ0) is 19.6. The first-order valence-electron chi connectivity index (χ1n) is 9.00. The largest absolute Gasteiger partial charge is 0.497 e. The molecule has 0 unspecified atom stereocenters. The van der Waals surface area contributed by atoms with E-state index in [1.807, 2.05) is 29.8 Å². The first-order valence-corrected chi connectivity index (χ1v) is 9.00. The molecule has 0 saturated carbocycles. The van der Waals surface area contributed by atoms with Gasteiger partial charge in [0.2, 0.25) is 5.72 Å². The number of aromatic amines is 1. The SMILES string of the molecule is COc1ccc2c(c1)c(-c1cc3c(ncc4nc[n+](C(C)(C)O)n43)[nH]1)cn2C. The topological polar surface area (TPSA) is 84.2 Å². The van der Waals surface area contributed by atoms with E-state index in [4.69, 9.17) is 4.74 Å². The Morgan fingerprint density at radius 1 is 1.18 bits per heavy atom. The Hall–Kier alpha value is -3.39. The van der Waals surface area contributed by atoms with Crippen LogP contribution in [0.2, 0.25) is 0 Å². The molecule has 4 aromatic heterocycles. The highest BCUT2D eigenvalue weighted by Crippen LogP contribution is 2.33. The summed E-state index contributed by atoms with van der Waals surface area (Å²) in [4.78, 5) is 12.3. The quantitative estimate of drug-likeness (QED) is 0.473. The Bertz CT molecular complexity index is 1350. The van der Waals surface area contributed by atoms with Gasteiger partial charge in [-0.3, -0.25) is 0 Å². The van der Waals surface area contributed by atoms with Gasteiger partial charge in [-0.25, -0.2) is 4.98 Å². The van der Waals surface area contributed by atoms with E-state index in [0.29, 0.717) is 5.65 Å². The Morgan fingerprint density at radius 2 is 2.00 bits per heavy atom. The molecule has 2 N–H and O–H groups in total. The van der Waals surface area contributed by atoms with Crippen LogP contribution in [-0.2, 0) is 12.8 Å². The summed E-state index contributed by atoms with van der Waals surface area (Å²) in [7, 11) is 3.69. The molecule has 0 aliphatic rings. The van der Waals surface area contributed by atoms with Crippen LogP contribution in [0.1, 0.15) is 13.8 Å². The van der Waals surface area contributed by atoms with Crippen molar-refractivity contribution in [3.63, 3.8) is 0 Å². The van der Waals surface area contributed by atoms with Gasteiger partial charge < -0.3 is 19.4 Å². The van der Waals surface area contributed by atoms with Gasteiger partial charge in [0.05, 0.1) is 12.8 Å². The smallest absolute Gasteiger partial charge is 0.310 e. The van der Waals surface area contributed by atoms with Crippen molar-refractivity contribution in [2.75, 3.05) is 7.11 Å². The third-order valence-electron chi connectivity index (χ3n) is 5.09. The molecule has 8 heteroatoms. The van der Waals surface area contributed by atoms with E-state index < -0.39 is 5.72 Å². The van der Waals surface area contributed by atoms with Gasteiger partial charge in [-0.2, -0.15) is 0 Å². The normalized spacial score (nSPS) is 12.5. The molecule has 4 heterocycles. The van der Waals surface area contributed by atoms with Crippen molar-refractivity contribution in [2.24, 2.45) is 7.05 Å². The summed E-state index contributed by atoms with van der Waals surface area (Å²) < 4.78 is 11.1. The summed E-state index contributed by atoms with van der Waals surface area (Å²) in [5.74, 6) is 0.811. The second-order valence-corrected chi connectivity index (χ2v) is 7.47. The molecule has 5 rings (SSSR count). The molecular formula is C20H21N6O2+. The Balaban J connectivity index is 1.80. The number of hydrogen-bond acceptors (Lipinski definition) is 4. The van der Waals surface area contributed by atoms with E-state index in [-0.39, 0.29) is 0 Å². The van der Waals surface area contributed by atoms with E-state index in [0.717, 1.165) is 39.1 Å². The number of aryl methyl sites for hydroxylation is 1. The molecular weight excluding hydrogens is 356 g/mol. The first kappa shape index (κ1) is 16.8. The molecule has 0 aliphatic heterocycles. The van der Waals surface area contributed by atoms with Crippen LogP contribution in [0.5, 0.6) is 5.75 Å². The zero-order valence-corrected chi connectivity index (χ0v) is 16.1. The average Bonchev–Trinajstić information content (AvgIpc) is 3.34. The van der Waals surface area contributed by atoms with Crippen molar-refractivity contribution in [3.05, 3.63) is 43.0 Å². The van der Waals surface area contributed by atoms with Crippen molar-refractivity contribution in [3.8, 4) is 17.0 Å². The summed E-state index contributed by atoms with van der Waals surface area (Å²) in [5.41, 5.74) is 4.23. The molecule has 0 amide bonds. The molecule has 0 spiro atoms. The third-order valence-corrected chi connectivity index (χ3v) is 5.09. The van der Waals surface area contributed by atoms with Gasteiger partial charge in [0.15, 0.2) is 5.65 Å². The minimum absolute atomic E-state index is 0.666. The van der Waals surface area contributed by atoms with Crippen molar-refractivity contribution >= 4 is 27.7 Å². The number of fused-ring (bicyclic) bond motifs is 4. The van der Waals surface area contributed by atoms with Crippen LogP contribution in [-0.4, -0.2) is 36.3 Å². The number of methoxy groups -OCH3 is 1. The number of nitrogens with one attached hydrogen (secondary N) is 1. The van der Waals surface area contributed by atoms with Crippen molar-refractivity contribution in [1.82, 2.24) is 24.0 Å².